The molecule has 0 aliphatic rings. The van der Waals surface area contributed by atoms with E-state index in [1.807, 2.05) is 0 Å². The molecule has 23 heavy (non-hydrogen) atoms. The third-order valence-electron chi connectivity index (χ3n) is 2.74. The van der Waals surface area contributed by atoms with Crippen molar-refractivity contribution < 1.29 is 18.3 Å². The summed E-state index contributed by atoms with van der Waals surface area (Å²) in [4.78, 5) is 7.98. The predicted octanol–water partition coefficient (Wildman–Crippen LogP) is 4.99. The maximum Gasteiger partial charge on any atom is 0.325 e. The smallest absolute Gasteiger partial charge is 0.325 e. The number of rotatable bonds is 4. The van der Waals surface area contributed by atoms with Gasteiger partial charge in [-0.05, 0) is 42.5 Å². The lowest BCUT2D eigenvalue weighted by Crippen LogP contribution is -1.95. The van der Waals surface area contributed by atoms with Crippen LogP contribution >= 0.6 is 11.6 Å². The molecule has 0 atom stereocenters. The Hall–Kier alpha value is -2.73. The molecular formula is C16H9ClF2N2O2. The van der Waals surface area contributed by atoms with Crippen molar-refractivity contribution in [2.24, 2.45) is 0 Å². The second kappa shape index (κ2) is 6.58. The van der Waals surface area contributed by atoms with Crippen LogP contribution < -0.4 is 9.47 Å². The Morgan fingerprint density at radius 1 is 0.870 bits per heavy atom. The van der Waals surface area contributed by atoms with E-state index in [4.69, 9.17) is 21.1 Å². The van der Waals surface area contributed by atoms with Gasteiger partial charge < -0.3 is 9.47 Å². The number of hydrogen-bond donors (Lipinski definition) is 0. The predicted molar refractivity (Wildman–Crippen MR) is 80.0 cm³/mol. The van der Waals surface area contributed by atoms with E-state index >= 15 is 0 Å². The average molecular weight is 335 g/mol. The topological polar surface area (TPSA) is 44.2 Å². The Labute approximate surface area is 135 Å². The molecule has 0 spiro atoms. The van der Waals surface area contributed by atoms with Gasteiger partial charge in [0.25, 0.3) is 0 Å². The van der Waals surface area contributed by atoms with Crippen LogP contribution in [0.2, 0.25) is 5.02 Å². The number of hydrogen-bond acceptors (Lipinski definition) is 4. The van der Waals surface area contributed by atoms with Crippen LogP contribution in [0.25, 0.3) is 0 Å². The summed E-state index contributed by atoms with van der Waals surface area (Å²) in [6.45, 7) is 0. The largest absolute Gasteiger partial charge is 0.439 e. The van der Waals surface area contributed by atoms with E-state index in [1.165, 1.54) is 48.7 Å². The number of aromatic nitrogens is 2. The minimum absolute atomic E-state index is 0.0156. The molecule has 0 radical (unpaired) electrons. The van der Waals surface area contributed by atoms with Gasteiger partial charge in [-0.25, -0.2) is 13.8 Å². The zero-order valence-corrected chi connectivity index (χ0v) is 12.3. The molecule has 1 aromatic heterocycles. The first-order valence-electron chi connectivity index (χ1n) is 6.49. The molecule has 0 aliphatic heterocycles. The van der Waals surface area contributed by atoms with Crippen molar-refractivity contribution in [2.75, 3.05) is 0 Å². The van der Waals surface area contributed by atoms with Crippen molar-refractivity contribution in [3.8, 4) is 23.4 Å². The molecule has 3 aromatic rings. The number of halogens is 3. The lowest BCUT2D eigenvalue weighted by molar-refractivity contribution is 0.410. The average Bonchev–Trinajstić information content (AvgIpc) is 2.53. The van der Waals surface area contributed by atoms with E-state index in [-0.39, 0.29) is 28.5 Å². The molecule has 0 saturated carbocycles. The maximum atomic E-state index is 13.0. The van der Waals surface area contributed by atoms with Crippen molar-refractivity contribution in [3.63, 3.8) is 0 Å². The normalized spacial score (nSPS) is 10.4. The molecule has 4 nitrogen and oxygen atoms in total. The molecule has 116 valence electrons. The summed E-state index contributed by atoms with van der Waals surface area (Å²) >= 11 is 5.88. The zero-order valence-electron chi connectivity index (χ0n) is 11.5. The van der Waals surface area contributed by atoms with Crippen molar-refractivity contribution in [1.29, 1.82) is 0 Å². The molecular weight excluding hydrogens is 326 g/mol. The van der Waals surface area contributed by atoms with E-state index in [0.717, 1.165) is 6.07 Å². The first-order valence-corrected chi connectivity index (χ1v) is 6.87. The fourth-order valence-corrected chi connectivity index (χ4v) is 1.92. The monoisotopic (exact) mass is 334 g/mol. The first kappa shape index (κ1) is 15.2. The van der Waals surface area contributed by atoms with Crippen molar-refractivity contribution >= 4 is 11.6 Å². The minimum Gasteiger partial charge on any atom is -0.439 e. The molecule has 0 fully saturated rings. The molecule has 7 heteroatoms. The van der Waals surface area contributed by atoms with E-state index in [2.05, 4.69) is 9.97 Å². The molecule has 3 rings (SSSR count). The third-order valence-corrected chi connectivity index (χ3v) is 3.03. The molecule has 2 aromatic carbocycles. The van der Waals surface area contributed by atoms with Gasteiger partial charge in [0.2, 0.25) is 5.88 Å². The highest BCUT2D eigenvalue weighted by Crippen LogP contribution is 2.29. The van der Waals surface area contributed by atoms with Crippen molar-refractivity contribution in [1.82, 2.24) is 9.97 Å². The highest BCUT2D eigenvalue weighted by molar-refractivity contribution is 6.32. The van der Waals surface area contributed by atoms with Gasteiger partial charge in [0, 0.05) is 12.3 Å². The standard InChI is InChI=1S/C16H9ClF2N2O2/c17-13-9-11(19)3-6-14(13)23-16-20-8-7-15(21-16)22-12-4-1-10(18)2-5-12/h1-9H. The zero-order chi connectivity index (χ0) is 16.2. The molecule has 1 heterocycles. The van der Waals surface area contributed by atoms with Gasteiger partial charge in [-0.15, -0.1) is 0 Å². The Kier molecular flexibility index (Phi) is 4.34. The van der Waals surface area contributed by atoms with Gasteiger partial charge in [-0.3, -0.25) is 0 Å². The molecule has 0 unspecified atom stereocenters. The SMILES string of the molecule is Fc1ccc(Oc2ccnc(Oc3ccc(F)cc3Cl)n2)cc1. The maximum absolute atomic E-state index is 13.0. The van der Waals surface area contributed by atoms with Gasteiger partial charge in [0.15, 0.2) is 0 Å². The van der Waals surface area contributed by atoms with E-state index in [0.29, 0.717) is 5.75 Å². The van der Waals surface area contributed by atoms with Crippen LogP contribution in [0, 0.1) is 11.6 Å². The molecule has 0 amide bonds. The Morgan fingerprint density at radius 2 is 1.61 bits per heavy atom. The Bertz CT molecular complexity index is 829. The van der Waals surface area contributed by atoms with E-state index < -0.39 is 5.82 Å². The molecule has 0 saturated heterocycles. The summed E-state index contributed by atoms with van der Waals surface area (Å²) in [6.07, 6.45) is 1.43. The second-order valence-electron chi connectivity index (χ2n) is 4.41. The van der Waals surface area contributed by atoms with Gasteiger partial charge >= 0.3 is 6.01 Å². The van der Waals surface area contributed by atoms with Crippen molar-refractivity contribution in [3.05, 3.63) is 71.4 Å². The molecule has 0 bridgehead atoms. The number of benzene rings is 2. The van der Waals surface area contributed by atoms with Crippen LogP contribution in [0.3, 0.4) is 0 Å². The van der Waals surface area contributed by atoms with Crippen LogP contribution in [0.5, 0.6) is 23.4 Å². The van der Waals surface area contributed by atoms with Crippen LogP contribution in [-0.2, 0) is 0 Å². The van der Waals surface area contributed by atoms with E-state index in [1.54, 1.807) is 0 Å². The van der Waals surface area contributed by atoms with Gasteiger partial charge in [-0.2, -0.15) is 4.98 Å². The summed E-state index contributed by atoms with van der Waals surface area (Å²) in [7, 11) is 0. The lowest BCUT2D eigenvalue weighted by Gasteiger charge is -2.08. The number of ether oxygens (including phenoxy) is 2. The summed E-state index contributed by atoms with van der Waals surface area (Å²) < 4.78 is 36.7. The Balaban J connectivity index is 1.78. The number of nitrogens with zero attached hydrogens (tertiary/aromatic N) is 2. The quantitative estimate of drug-likeness (QED) is 0.674. The van der Waals surface area contributed by atoms with Crippen LogP contribution in [0.1, 0.15) is 0 Å². The van der Waals surface area contributed by atoms with Crippen LogP contribution in [0.4, 0.5) is 8.78 Å². The lowest BCUT2D eigenvalue weighted by atomic mass is 10.3. The Morgan fingerprint density at radius 3 is 2.35 bits per heavy atom. The van der Waals surface area contributed by atoms with Gasteiger partial charge in [0.05, 0.1) is 5.02 Å². The third kappa shape index (κ3) is 3.92. The van der Waals surface area contributed by atoms with Crippen LogP contribution in [-0.4, -0.2) is 9.97 Å². The second-order valence-corrected chi connectivity index (χ2v) is 4.82. The summed E-state index contributed by atoms with van der Waals surface area (Å²) in [6, 6.07) is 10.7. The summed E-state index contributed by atoms with van der Waals surface area (Å²) in [5.41, 5.74) is 0. The van der Waals surface area contributed by atoms with Crippen molar-refractivity contribution in [2.45, 2.75) is 0 Å². The molecule has 0 aliphatic carbocycles. The summed E-state index contributed by atoms with van der Waals surface area (Å²) in [5.74, 6) is -0.00520. The highest BCUT2D eigenvalue weighted by atomic mass is 35.5. The molecule has 0 N–H and O–H groups in total. The van der Waals surface area contributed by atoms with Gasteiger partial charge in [0.1, 0.15) is 23.1 Å². The minimum atomic E-state index is -0.475. The highest BCUT2D eigenvalue weighted by Gasteiger charge is 2.08. The van der Waals surface area contributed by atoms with Gasteiger partial charge in [-0.1, -0.05) is 11.6 Å². The summed E-state index contributed by atoms with van der Waals surface area (Å²) in [5, 5.41) is 0.0958. The van der Waals surface area contributed by atoms with E-state index in [9.17, 15) is 8.78 Å². The van der Waals surface area contributed by atoms with Crippen LogP contribution in [0.15, 0.2) is 54.7 Å². The fraction of sp³-hybridized carbons (Fsp3) is 0. The first-order chi connectivity index (χ1) is 11.1. The fourth-order valence-electron chi connectivity index (χ4n) is 1.71.